The van der Waals surface area contributed by atoms with Crippen LogP contribution in [0.25, 0.3) is 0 Å². The summed E-state index contributed by atoms with van der Waals surface area (Å²) in [6, 6.07) is 4.19. The number of rotatable bonds is 3. The molecule has 1 saturated carbocycles. The average molecular weight is 281 g/mol. The van der Waals surface area contributed by atoms with Gasteiger partial charge in [-0.25, -0.2) is 13.2 Å². The maximum atomic E-state index is 13.0. The maximum absolute atomic E-state index is 13.0. The van der Waals surface area contributed by atoms with E-state index in [-0.39, 0.29) is 18.8 Å². The molecule has 0 aliphatic heterocycles. The molecule has 0 aromatic heterocycles. The van der Waals surface area contributed by atoms with Gasteiger partial charge in [0, 0.05) is 12.5 Å². The number of alkyl halides is 2. The molecule has 1 nitrogen and oxygen atoms in total. The first-order valence-corrected chi connectivity index (χ1v) is 5.24. The van der Waals surface area contributed by atoms with Gasteiger partial charge in [0.1, 0.15) is 11.6 Å². The van der Waals surface area contributed by atoms with Crippen LogP contribution in [0.15, 0.2) is 22.7 Å². The van der Waals surface area contributed by atoms with E-state index in [4.69, 9.17) is 4.74 Å². The zero-order valence-corrected chi connectivity index (χ0v) is 9.23. The lowest BCUT2D eigenvalue weighted by Gasteiger charge is -2.05. The van der Waals surface area contributed by atoms with E-state index < -0.39 is 17.7 Å². The summed E-state index contributed by atoms with van der Waals surface area (Å²) in [4.78, 5) is 0. The average Bonchev–Trinajstić information content (AvgIpc) is 2.77. The monoisotopic (exact) mass is 280 g/mol. The first-order valence-electron chi connectivity index (χ1n) is 4.45. The SMILES string of the molecule is Fc1cc(OCC2CC2(F)F)ccc1Br. The van der Waals surface area contributed by atoms with Gasteiger partial charge in [0.05, 0.1) is 17.0 Å². The minimum atomic E-state index is -2.59. The van der Waals surface area contributed by atoms with Crippen LogP contribution in [0.3, 0.4) is 0 Å². The normalized spacial score (nSPS) is 22.5. The smallest absolute Gasteiger partial charge is 0.255 e. The van der Waals surface area contributed by atoms with E-state index in [1.165, 1.54) is 18.2 Å². The van der Waals surface area contributed by atoms with Gasteiger partial charge in [-0.2, -0.15) is 0 Å². The van der Waals surface area contributed by atoms with Gasteiger partial charge in [0.25, 0.3) is 5.92 Å². The van der Waals surface area contributed by atoms with Crippen molar-refractivity contribution in [3.05, 3.63) is 28.5 Å². The maximum Gasteiger partial charge on any atom is 0.255 e. The number of hydrogen-bond donors (Lipinski definition) is 0. The second-order valence-electron chi connectivity index (χ2n) is 3.55. The second-order valence-corrected chi connectivity index (χ2v) is 4.40. The van der Waals surface area contributed by atoms with E-state index in [9.17, 15) is 13.2 Å². The van der Waals surface area contributed by atoms with E-state index in [1.54, 1.807) is 0 Å². The van der Waals surface area contributed by atoms with E-state index in [0.29, 0.717) is 4.47 Å². The van der Waals surface area contributed by atoms with Crippen LogP contribution in [0.4, 0.5) is 13.2 Å². The number of halogens is 4. The lowest BCUT2D eigenvalue weighted by molar-refractivity contribution is 0.0856. The lowest BCUT2D eigenvalue weighted by Crippen LogP contribution is -2.05. The Bertz CT molecular complexity index is 381. The second kappa shape index (κ2) is 3.70. The van der Waals surface area contributed by atoms with Gasteiger partial charge < -0.3 is 4.74 Å². The molecule has 0 saturated heterocycles. The first kappa shape index (κ1) is 10.8. The van der Waals surface area contributed by atoms with Gasteiger partial charge in [-0.3, -0.25) is 0 Å². The molecule has 1 aromatic rings. The molecule has 1 unspecified atom stereocenters. The molecule has 1 aromatic carbocycles. The molecular weight excluding hydrogens is 273 g/mol. The third-order valence-electron chi connectivity index (χ3n) is 2.30. The minimum Gasteiger partial charge on any atom is -0.493 e. The van der Waals surface area contributed by atoms with Crippen LogP contribution in [0, 0.1) is 11.7 Å². The Morgan fingerprint density at radius 1 is 1.47 bits per heavy atom. The van der Waals surface area contributed by atoms with Crippen molar-refractivity contribution in [1.29, 1.82) is 0 Å². The van der Waals surface area contributed by atoms with Crippen molar-refractivity contribution < 1.29 is 17.9 Å². The zero-order valence-electron chi connectivity index (χ0n) is 7.64. The van der Waals surface area contributed by atoms with E-state index >= 15 is 0 Å². The minimum absolute atomic E-state index is 0.0614. The number of hydrogen-bond acceptors (Lipinski definition) is 1. The number of ether oxygens (including phenoxy) is 1. The Morgan fingerprint density at radius 2 is 2.13 bits per heavy atom. The number of benzene rings is 1. The van der Waals surface area contributed by atoms with Crippen molar-refractivity contribution in [2.75, 3.05) is 6.61 Å². The van der Waals surface area contributed by atoms with Gasteiger partial charge in [0.2, 0.25) is 0 Å². The first-order chi connectivity index (χ1) is 6.99. The standard InChI is InChI=1S/C10H8BrF3O/c11-8-2-1-7(3-9(8)12)15-5-6-4-10(6,13)14/h1-3,6H,4-5H2. The highest BCUT2D eigenvalue weighted by atomic mass is 79.9. The van der Waals surface area contributed by atoms with Crippen molar-refractivity contribution in [1.82, 2.24) is 0 Å². The Balaban J connectivity index is 1.92. The van der Waals surface area contributed by atoms with Crippen molar-refractivity contribution >= 4 is 15.9 Å². The van der Waals surface area contributed by atoms with Crippen LogP contribution < -0.4 is 4.74 Å². The van der Waals surface area contributed by atoms with Crippen molar-refractivity contribution in [2.24, 2.45) is 5.92 Å². The molecule has 1 aliphatic carbocycles. The lowest BCUT2D eigenvalue weighted by atomic mass is 10.3. The van der Waals surface area contributed by atoms with E-state index in [1.807, 2.05) is 0 Å². The fraction of sp³-hybridized carbons (Fsp3) is 0.400. The Hall–Kier alpha value is -0.710. The summed E-state index contributed by atoms with van der Waals surface area (Å²) in [6.45, 7) is -0.0614. The predicted molar refractivity (Wildman–Crippen MR) is 52.6 cm³/mol. The summed E-state index contributed by atoms with van der Waals surface area (Å²) in [5.41, 5.74) is 0. The molecule has 0 bridgehead atoms. The molecular formula is C10H8BrF3O. The molecule has 0 spiro atoms. The molecule has 1 fully saturated rings. The molecule has 0 heterocycles. The molecule has 0 N–H and O–H groups in total. The van der Waals surface area contributed by atoms with Gasteiger partial charge in [-0.1, -0.05) is 0 Å². The Kier molecular flexibility index (Phi) is 2.66. The molecule has 0 radical (unpaired) electrons. The molecule has 5 heteroatoms. The van der Waals surface area contributed by atoms with Crippen molar-refractivity contribution in [3.63, 3.8) is 0 Å². The fourth-order valence-corrected chi connectivity index (χ4v) is 1.46. The molecule has 2 rings (SSSR count). The van der Waals surface area contributed by atoms with Crippen LogP contribution in [-0.4, -0.2) is 12.5 Å². The van der Waals surface area contributed by atoms with Gasteiger partial charge in [0.15, 0.2) is 0 Å². The summed E-state index contributed by atoms with van der Waals surface area (Å²) in [6.07, 6.45) is -0.133. The highest BCUT2D eigenvalue weighted by Gasteiger charge is 2.57. The molecule has 15 heavy (non-hydrogen) atoms. The van der Waals surface area contributed by atoms with Gasteiger partial charge in [-0.15, -0.1) is 0 Å². The van der Waals surface area contributed by atoms with Crippen molar-refractivity contribution in [3.8, 4) is 5.75 Å². The molecule has 0 amide bonds. The summed E-state index contributed by atoms with van der Waals surface area (Å²) >= 11 is 2.99. The Morgan fingerprint density at radius 3 is 2.67 bits per heavy atom. The Labute approximate surface area is 93.4 Å². The van der Waals surface area contributed by atoms with Crippen molar-refractivity contribution in [2.45, 2.75) is 12.3 Å². The van der Waals surface area contributed by atoms with Crippen LogP contribution in [0.2, 0.25) is 0 Å². The van der Waals surface area contributed by atoms with Gasteiger partial charge >= 0.3 is 0 Å². The third kappa shape index (κ3) is 2.45. The van der Waals surface area contributed by atoms with Crippen LogP contribution >= 0.6 is 15.9 Å². The van der Waals surface area contributed by atoms with Gasteiger partial charge in [-0.05, 0) is 28.1 Å². The van der Waals surface area contributed by atoms with E-state index in [0.717, 1.165) is 0 Å². The summed E-state index contributed by atoms with van der Waals surface area (Å²) in [7, 11) is 0. The summed E-state index contributed by atoms with van der Waals surface area (Å²) in [5, 5.41) is 0. The van der Waals surface area contributed by atoms with E-state index in [2.05, 4.69) is 15.9 Å². The third-order valence-corrected chi connectivity index (χ3v) is 2.94. The highest BCUT2D eigenvalue weighted by molar-refractivity contribution is 9.10. The topological polar surface area (TPSA) is 9.23 Å². The zero-order chi connectivity index (χ0) is 11.1. The molecule has 1 aliphatic rings. The molecule has 82 valence electrons. The van der Waals surface area contributed by atoms with Crippen LogP contribution in [-0.2, 0) is 0 Å². The fourth-order valence-electron chi connectivity index (χ4n) is 1.21. The highest BCUT2D eigenvalue weighted by Crippen LogP contribution is 2.48. The summed E-state index contributed by atoms with van der Waals surface area (Å²) < 4.78 is 43.3. The largest absolute Gasteiger partial charge is 0.493 e. The van der Waals surface area contributed by atoms with Crippen LogP contribution in [0.1, 0.15) is 6.42 Å². The molecule has 1 atom stereocenters. The predicted octanol–water partition coefficient (Wildman–Crippen LogP) is 3.62. The van der Waals surface area contributed by atoms with Crippen LogP contribution in [0.5, 0.6) is 5.75 Å². The summed E-state index contributed by atoms with van der Waals surface area (Å²) in [5.74, 6) is -3.49. The quantitative estimate of drug-likeness (QED) is 0.822.